The van der Waals surface area contributed by atoms with E-state index in [9.17, 15) is 0 Å². The molecule has 1 aromatic rings. The van der Waals surface area contributed by atoms with Crippen molar-refractivity contribution in [3.05, 3.63) is 35.4 Å². The summed E-state index contributed by atoms with van der Waals surface area (Å²) in [6, 6.07) is 8.34. The number of hydrogen-bond donors (Lipinski definition) is 1. The molecule has 3 rings (SSSR count). The van der Waals surface area contributed by atoms with Gasteiger partial charge in [-0.1, -0.05) is 38.1 Å². The summed E-state index contributed by atoms with van der Waals surface area (Å²) in [6.07, 6.45) is 2.68. The first-order valence-corrected chi connectivity index (χ1v) is 6.54. The van der Waals surface area contributed by atoms with Crippen LogP contribution in [0.4, 0.5) is 0 Å². The van der Waals surface area contributed by atoms with Crippen molar-refractivity contribution < 1.29 is 0 Å². The normalized spacial score (nSPS) is 20.9. The number of fused-ring (bicyclic) bond motifs is 1. The topological polar surface area (TPSA) is 27.1 Å². The summed E-state index contributed by atoms with van der Waals surface area (Å²) in [5, 5.41) is 8.26. The van der Waals surface area contributed by atoms with E-state index in [1.54, 1.807) is 0 Å². The zero-order valence-corrected chi connectivity index (χ0v) is 10.7. The Morgan fingerprint density at radius 2 is 2.00 bits per heavy atom. The maximum Gasteiger partial charge on any atom is 0.128 e. The van der Waals surface area contributed by atoms with E-state index < -0.39 is 0 Å². The third-order valence-corrected chi connectivity index (χ3v) is 4.57. The lowest BCUT2D eigenvalue weighted by atomic mass is 9.92. The minimum absolute atomic E-state index is 0.494. The molecule has 0 spiro atoms. The van der Waals surface area contributed by atoms with Crippen LogP contribution in [0.5, 0.6) is 0 Å². The van der Waals surface area contributed by atoms with Gasteiger partial charge in [-0.25, -0.2) is 0 Å². The maximum absolute atomic E-state index is 8.26. The molecule has 1 heterocycles. The second kappa shape index (κ2) is 3.59. The number of nitrogens with one attached hydrogen (secondary N) is 1. The van der Waals surface area contributed by atoms with Gasteiger partial charge in [-0.3, -0.25) is 5.41 Å². The summed E-state index contributed by atoms with van der Waals surface area (Å²) in [5.74, 6) is 1.46. The molecule has 0 aromatic heterocycles. The molecular weight excluding hydrogens is 208 g/mol. The van der Waals surface area contributed by atoms with E-state index in [2.05, 4.69) is 36.9 Å². The van der Waals surface area contributed by atoms with Crippen molar-refractivity contribution in [2.24, 2.45) is 11.3 Å². The summed E-state index contributed by atoms with van der Waals surface area (Å²) < 4.78 is 0. The molecular formula is C15H20N2. The molecule has 0 saturated heterocycles. The van der Waals surface area contributed by atoms with Gasteiger partial charge in [0.1, 0.15) is 5.84 Å². The lowest BCUT2D eigenvalue weighted by Crippen LogP contribution is -2.33. The van der Waals surface area contributed by atoms with E-state index >= 15 is 0 Å². The van der Waals surface area contributed by atoms with Crippen LogP contribution >= 0.6 is 0 Å². The van der Waals surface area contributed by atoms with Crippen molar-refractivity contribution in [2.75, 3.05) is 6.54 Å². The standard InChI is InChI=1S/C15H20N2/c1-11(2)15(7-8-15)10-17-9-12-5-3-4-6-13(12)14(17)16/h3-6,11,16H,7-10H2,1-2H3. The summed E-state index contributed by atoms with van der Waals surface area (Å²) >= 11 is 0. The molecule has 2 aliphatic rings. The minimum atomic E-state index is 0.494. The average Bonchev–Trinajstić information content (AvgIpc) is 3.03. The van der Waals surface area contributed by atoms with Gasteiger partial charge < -0.3 is 4.90 Å². The van der Waals surface area contributed by atoms with Crippen molar-refractivity contribution >= 4 is 5.84 Å². The van der Waals surface area contributed by atoms with Crippen LogP contribution in [-0.2, 0) is 6.54 Å². The number of amidine groups is 1. The Bertz CT molecular complexity index is 458. The fraction of sp³-hybridized carbons (Fsp3) is 0.533. The number of rotatable bonds is 3. The largest absolute Gasteiger partial charge is 0.352 e. The summed E-state index contributed by atoms with van der Waals surface area (Å²) in [4.78, 5) is 2.26. The van der Waals surface area contributed by atoms with Crippen molar-refractivity contribution in [2.45, 2.75) is 33.2 Å². The molecule has 1 aromatic carbocycles. The Labute approximate surface area is 103 Å². The van der Waals surface area contributed by atoms with E-state index in [0.29, 0.717) is 5.41 Å². The first kappa shape index (κ1) is 10.8. The smallest absolute Gasteiger partial charge is 0.128 e. The first-order chi connectivity index (χ1) is 8.12. The van der Waals surface area contributed by atoms with Crippen LogP contribution in [0.15, 0.2) is 24.3 Å². The monoisotopic (exact) mass is 228 g/mol. The SMILES string of the molecule is CC(C)C1(CN2Cc3ccccc3C2=N)CC1. The second-order valence-electron chi connectivity index (χ2n) is 5.88. The Balaban J connectivity index is 1.79. The molecule has 1 N–H and O–H groups in total. The van der Waals surface area contributed by atoms with Gasteiger partial charge in [0.15, 0.2) is 0 Å². The Kier molecular flexibility index (Phi) is 2.29. The average molecular weight is 228 g/mol. The molecule has 1 aliphatic carbocycles. The van der Waals surface area contributed by atoms with Crippen LogP contribution in [-0.4, -0.2) is 17.3 Å². The van der Waals surface area contributed by atoms with Crippen LogP contribution in [0, 0.1) is 16.7 Å². The van der Waals surface area contributed by atoms with Crippen molar-refractivity contribution in [1.82, 2.24) is 4.90 Å². The van der Waals surface area contributed by atoms with Gasteiger partial charge in [-0.15, -0.1) is 0 Å². The van der Waals surface area contributed by atoms with Crippen LogP contribution in [0.2, 0.25) is 0 Å². The van der Waals surface area contributed by atoms with E-state index in [1.807, 2.05) is 6.07 Å². The van der Waals surface area contributed by atoms with Gasteiger partial charge in [0.25, 0.3) is 0 Å². The number of nitrogens with zero attached hydrogens (tertiary/aromatic N) is 1. The molecule has 1 aliphatic heterocycles. The van der Waals surface area contributed by atoms with Gasteiger partial charge in [-0.05, 0) is 29.7 Å². The minimum Gasteiger partial charge on any atom is -0.352 e. The number of hydrogen-bond acceptors (Lipinski definition) is 1. The van der Waals surface area contributed by atoms with Gasteiger partial charge in [-0.2, -0.15) is 0 Å². The predicted octanol–water partition coefficient (Wildman–Crippen LogP) is 3.26. The van der Waals surface area contributed by atoms with E-state index in [0.717, 1.165) is 30.4 Å². The molecule has 90 valence electrons. The summed E-state index contributed by atoms with van der Waals surface area (Å²) in [5.41, 5.74) is 2.94. The fourth-order valence-electron chi connectivity index (χ4n) is 2.94. The van der Waals surface area contributed by atoms with Gasteiger partial charge in [0, 0.05) is 18.7 Å². The van der Waals surface area contributed by atoms with E-state index in [-0.39, 0.29) is 0 Å². The zero-order chi connectivity index (χ0) is 12.0. The first-order valence-electron chi connectivity index (χ1n) is 6.54. The Morgan fingerprint density at radius 1 is 1.29 bits per heavy atom. The van der Waals surface area contributed by atoms with Gasteiger partial charge in [0.2, 0.25) is 0 Å². The van der Waals surface area contributed by atoms with Crippen LogP contribution in [0.1, 0.15) is 37.8 Å². The van der Waals surface area contributed by atoms with Crippen molar-refractivity contribution in [1.29, 1.82) is 5.41 Å². The third-order valence-electron chi connectivity index (χ3n) is 4.57. The predicted molar refractivity (Wildman–Crippen MR) is 70.2 cm³/mol. The van der Waals surface area contributed by atoms with Gasteiger partial charge >= 0.3 is 0 Å². The molecule has 0 atom stereocenters. The maximum atomic E-state index is 8.26. The Hall–Kier alpha value is -1.31. The molecule has 0 radical (unpaired) electrons. The van der Waals surface area contributed by atoms with E-state index in [1.165, 1.54) is 18.4 Å². The zero-order valence-electron chi connectivity index (χ0n) is 10.7. The molecule has 0 bridgehead atoms. The molecule has 2 nitrogen and oxygen atoms in total. The third kappa shape index (κ3) is 1.67. The summed E-state index contributed by atoms with van der Waals surface area (Å²) in [6.45, 7) is 6.64. The van der Waals surface area contributed by atoms with Crippen molar-refractivity contribution in [3.63, 3.8) is 0 Å². The molecule has 17 heavy (non-hydrogen) atoms. The fourth-order valence-corrected chi connectivity index (χ4v) is 2.94. The summed E-state index contributed by atoms with van der Waals surface area (Å²) in [7, 11) is 0. The van der Waals surface area contributed by atoms with Crippen LogP contribution in [0.25, 0.3) is 0 Å². The highest BCUT2D eigenvalue weighted by atomic mass is 15.2. The quantitative estimate of drug-likeness (QED) is 0.844. The highest BCUT2D eigenvalue weighted by Gasteiger charge is 2.47. The highest BCUT2D eigenvalue weighted by molar-refractivity contribution is 6.00. The molecule has 1 saturated carbocycles. The molecule has 1 fully saturated rings. The Morgan fingerprint density at radius 3 is 2.59 bits per heavy atom. The van der Waals surface area contributed by atoms with E-state index in [4.69, 9.17) is 5.41 Å². The number of benzene rings is 1. The molecule has 2 heteroatoms. The van der Waals surface area contributed by atoms with Crippen LogP contribution < -0.4 is 0 Å². The van der Waals surface area contributed by atoms with Gasteiger partial charge in [0.05, 0.1) is 0 Å². The lowest BCUT2D eigenvalue weighted by molar-refractivity contribution is 0.259. The van der Waals surface area contributed by atoms with Crippen LogP contribution in [0.3, 0.4) is 0 Å². The van der Waals surface area contributed by atoms with Crippen molar-refractivity contribution in [3.8, 4) is 0 Å². The second-order valence-corrected chi connectivity index (χ2v) is 5.88. The highest BCUT2D eigenvalue weighted by Crippen LogP contribution is 2.52. The molecule has 0 amide bonds. The lowest BCUT2D eigenvalue weighted by Gasteiger charge is -2.27. The molecule has 0 unspecified atom stereocenters.